The number of halogens is 1. The monoisotopic (exact) mass is 648 g/mol. The lowest BCUT2D eigenvalue weighted by atomic mass is 10.0. The number of hydrogen-bond donors (Lipinski definition) is 3. The normalized spacial score (nSPS) is 16.0. The average Bonchev–Trinajstić information content (AvgIpc) is 3.47. The van der Waals surface area contributed by atoms with Crippen molar-refractivity contribution in [3.63, 3.8) is 0 Å². The Kier molecular flexibility index (Phi) is 9.67. The minimum absolute atomic E-state index is 0.0722. The second-order valence-corrected chi connectivity index (χ2v) is 12.8. The number of amides is 2. The van der Waals surface area contributed by atoms with E-state index in [1.165, 1.54) is 11.8 Å². The smallest absolute Gasteiger partial charge is 0.319 e. The second-order valence-electron chi connectivity index (χ2n) is 11.3. The van der Waals surface area contributed by atoms with E-state index in [-0.39, 0.29) is 12.1 Å². The first kappa shape index (κ1) is 31.1. The van der Waals surface area contributed by atoms with Crippen LogP contribution in [-0.2, 0) is 11.8 Å². The van der Waals surface area contributed by atoms with Crippen molar-refractivity contribution in [3.05, 3.63) is 58.9 Å². The van der Waals surface area contributed by atoms with E-state index in [2.05, 4.69) is 60.0 Å². The molecule has 4 aromatic rings. The Labute approximate surface area is 271 Å². The fourth-order valence-electron chi connectivity index (χ4n) is 5.57. The van der Waals surface area contributed by atoms with Gasteiger partial charge >= 0.3 is 6.03 Å². The van der Waals surface area contributed by atoms with E-state index in [1.54, 1.807) is 12.4 Å². The van der Waals surface area contributed by atoms with E-state index >= 15 is 0 Å². The van der Waals surface area contributed by atoms with E-state index in [0.29, 0.717) is 27.7 Å². The lowest BCUT2D eigenvalue weighted by Gasteiger charge is -2.34. The number of aromatic nitrogens is 6. The van der Waals surface area contributed by atoms with E-state index in [4.69, 9.17) is 16.3 Å². The van der Waals surface area contributed by atoms with Gasteiger partial charge in [-0.2, -0.15) is 5.10 Å². The molecule has 0 spiro atoms. The fraction of sp³-hybridized carbons (Fsp3) is 0.419. The number of aryl methyl sites for hydroxylation is 1. The highest BCUT2D eigenvalue weighted by Gasteiger charge is 2.25. The van der Waals surface area contributed by atoms with Crippen molar-refractivity contribution >= 4 is 46.8 Å². The van der Waals surface area contributed by atoms with E-state index in [9.17, 15) is 4.79 Å². The number of carbonyl (C=O) groups excluding carboxylic acids is 1. The average molecular weight is 649 g/mol. The maximum Gasteiger partial charge on any atom is 0.319 e. The van der Waals surface area contributed by atoms with Crippen molar-refractivity contribution in [1.29, 1.82) is 0 Å². The van der Waals surface area contributed by atoms with Crippen LogP contribution in [0.1, 0.15) is 36.8 Å². The number of carbonyl (C=O) groups is 1. The number of piperidine rings is 1. The molecule has 2 aliphatic rings. The van der Waals surface area contributed by atoms with Crippen molar-refractivity contribution in [2.24, 2.45) is 7.05 Å². The number of benzene rings is 1. The van der Waals surface area contributed by atoms with Gasteiger partial charge in [0.05, 0.1) is 16.9 Å². The number of ether oxygens (including phenoxy) is 1. The minimum Gasteiger partial charge on any atom is -0.381 e. The molecule has 3 aromatic heterocycles. The van der Waals surface area contributed by atoms with Gasteiger partial charge in [-0.1, -0.05) is 23.4 Å². The maximum atomic E-state index is 12.8. The summed E-state index contributed by atoms with van der Waals surface area (Å²) in [5.74, 6) is 1.46. The molecule has 45 heavy (non-hydrogen) atoms. The van der Waals surface area contributed by atoms with Gasteiger partial charge in [-0.15, -0.1) is 10.2 Å². The molecular formula is C31H37ClN10O2S. The molecule has 6 rings (SSSR count). The largest absolute Gasteiger partial charge is 0.381 e. The third-order valence-electron chi connectivity index (χ3n) is 8.28. The molecule has 236 valence electrons. The molecule has 2 fully saturated rings. The number of rotatable bonds is 8. The number of nitrogens with zero attached hydrogens (tertiary/aromatic N) is 7. The van der Waals surface area contributed by atoms with Crippen LogP contribution in [0.15, 0.2) is 52.6 Å². The molecule has 0 atom stereocenters. The maximum absolute atomic E-state index is 12.8. The number of urea groups is 1. The van der Waals surface area contributed by atoms with Crippen molar-refractivity contribution in [3.8, 4) is 11.4 Å². The highest BCUT2D eigenvalue weighted by Crippen LogP contribution is 2.33. The Morgan fingerprint density at radius 3 is 2.47 bits per heavy atom. The Bertz CT molecular complexity index is 1640. The summed E-state index contributed by atoms with van der Waals surface area (Å²) in [5, 5.41) is 24.0. The van der Waals surface area contributed by atoms with Crippen molar-refractivity contribution in [2.45, 2.75) is 61.5 Å². The van der Waals surface area contributed by atoms with Crippen molar-refractivity contribution in [1.82, 2.24) is 35.3 Å². The van der Waals surface area contributed by atoms with Crippen LogP contribution in [0.25, 0.3) is 11.4 Å². The minimum atomic E-state index is -0.219. The van der Waals surface area contributed by atoms with Gasteiger partial charge in [-0.25, -0.2) is 14.8 Å². The third kappa shape index (κ3) is 7.48. The Hall–Kier alpha value is -3.94. The van der Waals surface area contributed by atoms with Crippen LogP contribution in [0.3, 0.4) is 0 Å². The first-order valence-corrected chi connectivity index (χ1v) is 16.3. The summed E-state index contributed by atoms with van der Waals surface area (Å²) in [6, 6.07) is 9.72. The third-order valence-corrected chi connectivity index (χ3v) is 9.69. The fourth-order valence-corrected chi connectivity index (χ4v) is 6.55. The summed E-state index contributed by atoms with van der Waals surface area (Å²) in [7, 11) is 1.90. The molecular weight excluding hydrogens is 612 g/mol. The molecule has 0 saturated carbocycles. The van der Waals surface area contributed by atoms with Gasteiger partial charge in [0.15, 0.2) is 5.82 Å². The van der Waals surface area contributed by atoms with Crippen LogP contribution >= 0.6 is 23.4 Å². The standard InChI is InChI=1S/C31H37ClN10O2S/c1-19-20(2)28(40-39-27(19)26-8-13-34-41(26)3)42-14-9-22(10-15-42)37-31(43)36-21-4-6-24(7-5-21)45-29-25(32)18-33-30(38-29)35-23-11-16-44-17-12-23/h4-8,13,18,22-23H,9-12,14-17H2,1-3H3,(H,33,35,38)(H2,36,37,43). The zero-order valence-electron chi connectivity index (χ0n) is 25.6. The van der Waals surface area contributed by atoms with Gasteiger partial charge in [0, 0.05) is 62.2 Å². The number of anilines is 3. The molecule has 0 bridgehead atoms. The lowest BCUT2D eigenvalue weighted by molar-refractivity contribution is 0.0903. The van der Waals surface area contributed by atoms with Crippen LogP contribution in [-0.4, -0.2) is 74.4 Å². The quantitative estimate of drug-likeness (QED) is 0.211. The summed E-state index contributed by atoms with van der Waals surface area (Å²) in [5.41, 5.74) is 4.71. The predicted molar refractivity (Wildman–Crippen MR) is 176 cm³/mol. The van der Waals surface area contributed by atoms with E-state index in [1.807, 2.05) is 42.1 Å². The SMILES string of the molecule is Cc1c(-c2ccnn2C)nnc(N2CCC(NC(=O)Nc3ccc(Sc4nc(NC5CCOCC5)ncc4Cl)cc3)CC2)c1C. The zero-order chi connectivity index (χ0) is 31.3. The summed E-state index contributed by atoms with van der Waals surface area (Å²) < 4.78 is 7.24. The molecule has 12 nitrogen and oxygen atoms in total. The zero-order valence-corrected chi connectivity index (χ0v) is 27.2. The van der Waals surface area contributed by atoms with Gasteiger partial charge in [-0.05, 0) is 81.0 Å². The van der Waals surface area contributed by atoms with Gasteiger partial charge in [0.2, 0.25) is 5.95 Å². The number of hydrogen-bond acceptors (Lipinski definition) is 10. The Balaban J connectivity index is 0.988. The van der Waals surface area contributed by atoms with Crippen molar-refractivity contribution in [2.75, 3.05) is 41.8 Å². The first-order chi connectivity index (χ1) is 21.8. The topological polar surface area (TPSA) is 135 Å². The number of nitrogens with one attached hydrogen (secondary N) is 3. The second kappa shape index (κ2) is 14.0. The van der Waals surface area contributed by atoms with E-state index in [0.717, 1.165) is 85.2 Å². The van der Waals surface area contributed by atoms with Crippen LogP contribution in [0, 0.1) is 13.8 Å². The Morgan fingerprint density at radius 2 is 1.76 bits per heavy atom. The molecule has 0 radical (unpaired) electrons. The summed E-state index contributed by atoms with van der Waals surface area (Å²) in [4.78, 5) is 25.0. The van der Waals surface area contributed by atoms with Crippen LogP contribution in [0.4, 0.5) is 22.2 Å². The van der Waals surface area contributed by atoms with Crippen LogP contribution in [0.5, 0.6) is 0 Å². The van der Waals surface area contributed by atoms with Crippen molar-refractivity contribution < 1.29 is 9.53 Å². The van der Waals surface area contributed by atoms with Gasteiger partial charge in [-0.3, -0.25) is 4.68 Å². The highest BCUT2D eigenvalue weighted by atomic mass is 35.5. The molecule has 5 heterocycles. The van der Waals surface area contributed by atoms with Gasteiger partial charge in [0.25, 0.3) is 0 Å². The first-order valence-electron chi connectivity index (χ1n) is 15.1. The van der Waals surface area contributed by atoms with Crippen LogP contribution < -0.4 is 20.9 Å². The van der Waals surface area contributed by atoms with Gasteiger partial charge < -0.3 is 25.6 Å². The molecule has 2 aliphatic heterocycles. The molecule has 0 aliphatic carbocycles. The summed E-state index contributed by atoms with van der Waals surface area (Å²) in [6.45, 7) is 7.22. The Morgan fingerprint density at radius 1 is 1.00 bits per heavy atom. The van der Waals surface area contributed by atoms with Gasteiger partial charge in [0.1, 0.15) is 10.7 Å². The lowest BCUT2D eigenvalue weighted by Crippen LogP contribution is -2.46. The van der Waals surface area contributed by atoms with Crippen LogP contribution in [0.2, 0.25) is 5.02 Å². The molecule has 14 heteroatoms. The van der Waals surface area contributed by atoms with E-state index < -0.39 is 0 Å². The molecule has 1 aromatic carbocycles. The molecule has 2 amide bonds. The molecule has 3 N–H and O–H groups in total. The summed E-state index contributed by atoms with van der Waals surface area (Å²) >= 11 is 7.85. The summed E-state index contributed by atoms with van der Waals surface area (Å²) in [6.07, 6.45) is 6.87. The predicted octanol–water partition coefficient (Wildman–Crippen LogP) is 5.47. The molecule has 2 saturated heterocycles. The molecule has 0 unspecified atom stereocenters. The highest BCUT2D eigenvalue weighted by molar-refractivity contribution is 7.99.